The third-order valence-corrected chi connectivity index (χ3v) is 3.64. The van der Waals surface area contributed by atoms with E-state index in [2.05, 4.69) is 11.0 Å². The summed E-state index contributed by atoms with van der Waals surface area (Å²) in [5, 5.41) is 0. The molecule has 4 heteroatoms. The summed E-state index contributed by atoms with van der Waals surface area (Å²) >= 11 is 0. The number of para-hydroxylation sites is 2. The first-order chi connectivity index (χ1) is 9.77. The van der Waals surface area contributed by atoms with Crippen LogP contribution in [0.4, 0.5) is 5.69 Å². The van der Waals surface area contributed by atoms with Crippen molar-refractivity contribution in [2.45, 2.75) is 25.4 Å². The van der Waals surface area contributed by atoms with Crippen LogP contribution in [0.15, 0.2) is 47.1 Å². The first-order valence-corrected chi connectivity index (χ1v) is 7.05. The molecule has 1 aliphatic heterocycles. The third kappa shape index (κ3) is 2.39. The van der Waals surface area contributed by atoms with Crippen LogP contribution in [0.1, 0.15) is 25.1 Å². The molecule has 0 amide bonds. The number of ether oxygens (including phenoxy) is 1. The smallest absolute Gasteiger partial charge is 0.142 e. The summed E-state index contributed by atoms with van der Waals surface area (Å²) in [6, 6.07) is 12.0. The van der Waals surface area contributed by atoms with Gasteiger partial charge in [0.05, 0.1) is 18.6 Å². The van der Waals surface area contributed by atoms with Crippen molar-refractivity contribution in [3.05, 3.63) is 48.4 Å². The molecule has 0 aliphatic carbocycles. The van der Waals surface area contributed by atoms with Crippen molar-refractivity contribution in [2.75, 3.05) is 18.1 Å². The summed E-state index contributed by atoms with van der Waals surface area (Å²) in [5.74, 6) is 1.82. The molecule has 2 atom stereocenters. The van der Waals surface area contributed by atoms with E-state index in [0.29, 0.717) is 0 Å². The Hall–Kier alpha value is -1.94. The van der Waals surface area contributed by atoms with E-state index in [-0.39, 0.29) is 12.1 Å². The Bertz CT molecular complexity index is 551. The zero-order valence-corrected chi connectivity index (χ0v) is 11.7. The molecule has 0 saturated carbocycles. The van der Waals surface area contributed by atoms with Crippen molar-refractivity contribution in [1.82, 2.24) is 0 Å². The van der Waals surface area contributed by atoms with E-state index in [4.69, 9.17) is 14.9 Å². The molecule has 2 unspecified atom stereocenters. The predicted molar refractivity (Wildman–Crippen MR) is 79.0 cm³/mol. The molecule has 1 aliphatic rings. The Morgan fingerprint density at radius 1 is 1.20 bits per heavy atom. The average molecular weight is 272 g/mol. The van der Waals surface area contributed by atoms with E-state index < -0.39 is 0 Å². The number of rotatable bonds is 3. The number of hydrogen-bond acceptors (Lipinski definition) is 4. The summed E-state index contributed by atoms with van der Waals surface area (Å²) in [4.78, 5) is 2.30. The Morgan fingerprint density at radius 3 is 2.80 bits per heavy atom. The van der Waals surface area contributed by atoms with Crippen LogP contribution in [0.2, 0.25) is 0 Å². The van der Waals surface area contributed by atoms with Crippen molar-refractivity contribution >= 4 is 5.69 Å². The highest BCUT2D eigenvalue weighted by Gasteiger charge is 2.29. The molecule has 2 aromatic rings. The minimum atomic E-state index is -0.0349. The minimum Gasteiger partial charge on any atom is -0.491 e. The molecule has 3 rings (SSSR count). The van der Waals surface area contributed by atoms with E-state index >= 15 is 0 Å². The van der Waals surface area contributed by atoms with Crippen molar-refractivity contribution in [3.8, 4) is 5.75 Å². The van der Waals surface area contributed by atoms with Gasteiger partial charge < -0.3 is 19.8 Å². The van der Waals surface area contributed by atoms with Crippen LogP contribution in [0.25, 0.3) is 0 Å². The molecular weight excluding hydrogens is 252 g/mol. The van der Waals surface area contributed by atoms with E-state index in [1.54, 1.807) is 6.26 Å². The summed E-state index contributed by atoms with van der Waals surface area (Å²) in [6.07, 6.45) is 2.67. The van der Waals surface area contributed by atoms with Gasteiger partial charge in [0.25, 0.3) is 0 Å². The first-order valence-electron chi connectivity index (χ1n) is 7.05. The highest BCUT2D eigenvalue weighted by molar-refractivity contribution is 5.60. The number of furan rings is 1. The first kappa shape index (κ1) is 13.1. The van der Waals surface area contributed by atoms with E-state index in [1.165, 1.54) is 0 Å². The lowest BCUT2D eigenvalue weighted by atomic mass is 10.0. The molecule has 0 spiro atoms. The summed E-state index contributed by atoms with van der Waals surface area (Å²) in [6.45, 7) is 3.66. The number of hydrogen-bond donors (Lipinski definition) is 1. The molecule has 20 heavy (non-hydrogen) atoms. The van der Waals surface area contributed by atoms with E-state index in [0.717, 1.165) is 36.8 Å². The average Bonchev–Trinajstić information content (AvgIpc) is 2.87. The minimum absolute atomic E-state index is 0.0212. The van der Waals surface area contributed by atoms with Gasteiger partial charge in [0, 0.05) is 12.6 Å². The number of anilines is 1. The molecule has 0 saturated heterocycles. The lowest BCUT2D eigenvalue weighted by molar-refractivity contribution is 0.321. The predicted octanol–water partition coefficient (Wildman–Crippen LogP) is 2.96. The second-order valence-corrected chi connectivity index (χ2v) is 5.18. The standard InChI is InChI=1S/C16H20N2O2/c1-12(17)16(15-8-4-10-20-15)18-9-5-11-19-14-7-3-2-6-13(14)18/h2-4,6-8,10,12,16H,5,9,11,17H2,1H3. The molecule has 0 bridgehead atoms. The van der Waals surface area contributed by atoms with Crippen molar-refractivity contribution in [1.29, 1.82) is 0 Å². The van der Waals surface area contributed by atoms with Gasteiger partial charge in [-0.15, -0.1) is 0 Å². The summed E-state index contributed by atoms with van der Waals surface area (Å²) in [7, 11) is 0. The molecule has 0 fully saturated rings. The molecule has 1 aromatic carbocycles. The van der Waals surface area contributed by atoms with Gasteiger partial charge in [0.15, 0.2) is 0 Å². The fourth-order valence-electron chi connectivity index (χ4n) is 2.80. The van der Waals surface area contributed by atoms with Crippen LogP contribution < -0.4 is 15.4 Å². The van der Waals surface area contributed by atoms with Gasteiger partial charge in [0.2, 0.25) is 0 Å². The van der Waals surface area contributed by atoms with Crippen LogP contribution in [0.3, 0.4) is 0 Å². The highest BCUT2D eigenvalue weighted by Crippen LogP contribution is 2.37. The normalized spacial score (nSPS) is 17.8. The maximum absolute atomic E-state index is 6.22. The molecule has 4 nitrogen and oxygen atoms in total. The molecule has 0 radical (unpaired) electrons. The van der Waals surface area contributed by atoms with Gasteiger partial charge in [-0.05, 0) is 37.6 Å². The molecular formula is C16H20N2O2. The quantitative estimate of drug-likeness (QED) is 0.933. The van der Waals surface area contributed by atoms with Gasteiger partial charge in [-0.2, -0.15) is 0 Å². The van der Waals surface area contributed by atoms with Crippen LogP contribution in [-0.4, -0.2) is 19.2 Å². The number of benzene rings is 1. The fraction of sp³-hybridized carbons (Fsp3) is 0.375. The zero-order valence-electron chi connectivity index (χ0n) is 11.7. The second kappa shape index (κ2) is 5.59. The van der Waals surface area contributed by atoms with E-state index in [1.807, 2.05) is 37.3 Å². The maximum atomic E-state index is 6.22. The summed E-state index contributed by atoms with van der Waals surface area (Å²) < 4.78 is 11.4. The summed E-state index contributed by atoms with van der Waals surface area (Å²) in [5.41, 5.74) is 7.31. The lowest BCUT2D eigenvalue weighted by Gasteiger charge is -2.34. The van der Waals surface area contributed by atoms with Gasteiger partial charge >= 0.3 is 0 Å². The number of fused-ring (bicyclic) bond motifs is 1. The SMILES string of the molecule is CC(N)C(c1ccco1)N1CCCOc2ccccc21. The third-order valence-electron chi connectivity index (χ3n) is 3.64. The van der Waals surface area contributed by atoms with Crippen LogP contribution in [0.5, 0.6) is 5.75 Å². The van der Waals surface area contributed by atoms with E-state index in [9.17, 15) is 0 Å². The maximum Gasteiger partial charge on any atom is 0.142 e. The molecule has 2 N–H and O–H groups in total. The molecule has 1 aromatic heterocycles. The van der Waals surface area contributed by atoms with Gasteiger partial charge in [-0.1, -0.05) is 12.1 Å². The van der Waals surface area contributed by atoms with Gasteiger partial charge in [-0.3, -0.25) is 0 Å². The highest BCUT2D eigenvalue weighted by atomic mass is 16.5. The van der Waals surface area contributed by atoms with Crippen LogP contribution >= 0.6 is 0 Å². The van der Waals surface area contributed by atoms with Crippen molar-refractivity contribution < 1.29 is 9.15 Å². The lowest BCUT2D eigenvalue weighted by Crippen LogP contribution is -2.39. The number of nitrogens with two attached hydrogens (primary N) is 1. The van der Waals surface area contributed by atoms with Crippen LogP contribution in [0, 0.1) is 0 Å². The Kier molecular flexibility index (Phi) is 3.65. The second-order valence-electron chi connectivity index (χ2n) is 5.18. The molecule has 106 valence electrons. The Balaban J connectivity index is 2.02. The number of nitrogens with zero attached hydrogens (tertiary/aromatic N) is 1. The van der Waals surface area contributed by atoms with Gasteiger partial charge in [0.1, 0.15) is 17.6 Å². The largest absolute Gasteiger partial charge is 0.491 e. The molecule has 2 heterocycles. The Morgan fingerprint density at radius 2 is 2.05 bits per heavy atom. The monoisotopic (exact) mass is 272 g/mol. The fourth-order valence-corrected chi connectivity index (χ4v) is 2.80. The van der Waals surface area contributed by atoms with Crippen LogP contribution in [-0.2, 0) is 0 Å². The zero-order chi connectivity index (χ0) is 13.9. The van der Waals surface area contributed by atoms with Crippen molar-refractivity contribution in [2.24, 2.45) is 5.73 Å². The van der Waals surface area contributed by atoms with Gasteiger partial charge in [-0.25, -0.2) is 0 Å². The van der Waals surface area contributed by atoms with Crippen molar-refractivity contribution in [3.63, 3.8) is 0 Å². The topological polar surface area (TPSA) is 51.6 Å². The Labute approximate surface area is 119 Å².